The van der Waals surface area contributed by atoms with E-state index in [4.69, 9.17) is 9.47 Å². The molecule has 150 valence electrons. The Hall–Kier alpha value is -3.93. The lowest BCUT2D eigenvalue weighted by molar-refractivity contribution is 0.395. The lowest BCUT2D eigenvalue weighted by Crippen LogP contribution is -2.02. The summed E-state index contributed by atoms with van der Waals surface area (Å²) in [5, 5.41) is 10.4. The third kappa shape index (κ3) is 4.22. The highest BCUT2D eigenvalue weighted by Gasteiger charge is 2.16. The summed E-state index contributed by atoms with van der Waals surface area (Å²) in [6.45, 7) is 5.81. The number of rotatable bonds is 5. The van der Waals surface area contributed by atoms with Gasteiger partial charge in [-0.25, -0.2) is 0 Å². The Morgan fingerprint density at radius 1 is 0.667 bits per heavy atom. The van der Waals surface area contributed by atoms with Crippen LogP contribution in [0.1, 0.15) is 16.7 Å². The number of para-hydroxylation sites is 2. The van der Waals surface area contributed by atoms with E-state index in [-0.39, 0.29) is 23.6 Å². The van der Waals surface area contributed by atoms with Crippen molar-refractivity contribution >= 4 is 0 Å². The molecule has 0 saturated carbocycles. The number of benzene rings is 3. The van der Waals surface area contributed by atoms with E-state index in [0.29, 0.717) is 17.1 Å². The number of aromatic hydroxyl groups is 1. The molecule has 0 fully saturated rings. The molecule has 0 unspecified atom stereocenters. The highest BCUT2D eigenvalue weighted by molar-refractivity contribution is 5.65. The van der Waals surface area contributed by atoms with E-state index in [2.05, 4.69) is 15.0 Å². The Labute approximate surface area is 174 Å². The van der Waals surface area contributed by atoms with Crippen molar-refractivity contribution in [3.8, 4) is 40.7 Å². The third-order valence-corrected chi connectivity index (χ3v) is 4.58. The molecule has 30 heavy (non-hydrogen) atoms. The predicted octanol–water partition coefficient (Wildman–Crippen LogP) is 5.75. The topological polar surface area (TPSA) is 77.4 Å². The minimum Gasteiger partial charge on any atom is -0.507 e. The first-order valence-corrected chi connectivity index (χ1v) is 9.52. The van der Waals surface area contributed by atoms with Gasteiger partial charge in [0.15, 0.2) is 5.82 Å². The maximum atomic E-state index is 10.4. The smallest absolute Gasteiger partial charge is 0.328 e. The van der Waals surface area contributed by atoms with E-state index < -0.39 is 0 Å². The monoisotopic (exact) mass is 399 g/mol. The van der Waals surface area contributed by atoms with Gasteiger partial charge in [0, 0.05) is 0 Å². The van der Waals surface area contributed by atoms with Crippen molar-refractivity contribution in [1.29, 1.82) is 0 Å². The van der Waals surface area contributed by atoms with Crippen molar-refractivity contribution in [2.75, 3.05) is 0 Å². The van der Waals surface area contributed by atoms with E-state index in [1.807, 2.05) is 75.4 Å². The lowest BCUT2D eigenvalue weighted by atomic mass is 10.1. The Balaban J connectivity index is 1.80. The summed E-state index contributed by atoms with van der Waals surface area (Å²) in [6, 6.07) is 20.6. The summed E-state index contributed by atoms with van der Waals surface area (Å²) in [6.07, 6.45) is 0. The molecule has 0 atom stereocenters. The second-order valence-corrected chi connectivity index (χ2v) is 6.98. The van der Waals surface area contributed by atoms with E-state index in [1.54, 1.807) is 12.1 Å². The zero-order valence-electron chi connectivity index (χ0n) is 17.0. The van der Waals surface area contributed by atoms with Gasteiger partial charge in [0.25, 0.3) is 0 Å². The first-order chi connectivity index (χ1) is 14.5. The van der Waals surface area contributed by atoms with Crippen LogP contribution >= 0.6 is 0 Å². The summed E-state index contributed by atoms with van der Waals surface area (Å²) in [5.41, 5.74) is 3.33. The van der Waals surface area contributed by atoms with Gasteiger partial charge in [-0.2, -0.15) is 9.97 Å². The third-order valence-electron chi connectivity index (χ3n) is 4.58. The molecule has 6 nitrogen and oxygen atoms in total. The molecule has 1 heterocycles. The quantitative estimate of drug-likeness (QED) is 0.460. The average Bonchev–Trinajstić information content (AvgIpc) is 2.73. The maximum absolute atomic E-state index is 10.4. The van der Waals surface area contributed by atoms with Gasteiger partial charge in [0.1, 0.15) is 17.2 Å². The van der Waals surface area contributed by atoms with Gasteiger partial charge in [0.2, 0.25) is 0 Å². The van der Waals surface area contributed by atoms with Crippen LogP contribution in [0.15, 0.2) is 66.7 Å². The summed E-state index contributed by atoms with van der Waals surface area (Å²) in [7, 11) is 0. The predicted molar refractivity (Wildman–Crippen MR) is 114 cm³/mol. The van der Waals surface area contributed by atoms with Crippen LogP contribution < -0.4 is 9.47 Å². The molecule has 1 N–H and O–H groups in total. The van der Waals surface area contributed by atoms with Gasteiger partial charge >= 0.3 is 12.0 Å². The van der Waals surface area contributed by atoms with E-state index >= 15 is 0 Å². The second kappa shape index (κ2) is 8.21. The van der Waals surface area contributed by atoms with Crippen molar-refractivity contribution in [2.24, 2.45) is 0 Å². The van der Waals surface area contributed by atoms with Gasteiger partial charge in [0.05, 0.1) is 5.56 Å². The van der Waals surface area contributed by atoms with E-state index in [9.17, 15) is 5.11 Å². The molecule has 0 radical (unpaired) electrons. The molecule has 3 aromatic carbocycles. The molecule has 0 aliphatic carbocycles. The van der Waals surface area contributed by atoms with Crippen LogP contribution in [0, 0.1) is 20.8 Å². The highest BCUT2D eigenvalue weighted by atomic mass is 16.5. The van der Waals surface area contributed by atoms with Crippen molar-refractivity contribution < 1.29 is 14.6 Å². The molecular weight excluding hydrogens is 378 g/mol. The fourth-order valence-electron chi connectivity index (χ4n) is 2.92. The minimum absolute atomic E-state index is 0.0653. The summed E-state index contributed by atoms with van der Waals surface area (Å²) in [5.74, 6) is 1.59. The van der Waals surface area contributed by atoms with Crippen LogP contribution in [0.25, 0.3) is 11.4 Å². The van der Waals surface area contributed by atoms with Crippen molar-refractivity contribution in [3.05, 3.63) is 83.4 Å². The number of hydrogen-bond donors (Lipinski definition) is 1. The average molecular weight is 399 g/mol. The van der Waals surface area contributed by atoms with Gasteiger partial charge in [-0.3, -0.25) is 0 Å². The maximum Gasteiger partial charge on any atom is 0.328 e. The largest absolute Gasteiger partial charge is 0.507 e. The molecule has 0 amide bonds. The SMILES string of the molecule is Cc1ccc(O)c(-c2nc(Oc3ccccc3C)nc(Oc3ccccc3C)n2)c1. The summed E-state index contributed by atoms with van der Waals surface area (Å²) < 4.78 is 11.9. The molecule has 1 aromatic heterocycles. The van der Waals surface area contributed by atoms with Gasteiger partial charge in [-0.15, -0.1) is 4.98 Å². The Morgan fingerprint density at radius 3 is 1.73 bits per heavy atom. The Bertz CT molecular complexity index is 1140. The first kappa shape index (κ1) is 19.4. The fraction of sp³-hybridized carbons (Fsp3) is 0.125. The zero-order chi connectivity index (χ0) is 21.1. The number of phenols is 1. The molecule has 0 aliphatic heterocycles. The number of phenolic OH excluding ortho intramolecular Hbond substituents is 1. The summed E-state index contributed by atoms with van der Waals surface area (Å²) in [4.78, 5) is 13.2. The Kier molecular flexibility index (Phi) is 5.30. The van der Waals surface area contributed by atoms with Crippen molar-refractivity contribution in [1.82, 2.24) is 15.0 Å². The molecule has 0 spiro atoms. The fourth-order valence-corrected chi connectivity index (χ4v) is 2.92. The Morgan fingerprint density at radius 2 is 1.20 bits per heavy atom. The standard InChI is InChI=1S/C24H21N3O3/c1-15-12-13-19(28)18(14-15)22-25-23(29-20-10-6-4-8-16(20)2)27-24(26-22)30-21-11-7-5-9-17(21)3/h4-14,28H,1-3H3. The molecule has 0 saturated heterocycles. The second-order valence-electron chi connectivity index (χ2n) is 6.98. The lowest BCUT2D eigenvalue weighted by Gasteiger charge is -2.12. The number of aromatic nitrogens is 3. The molecule has 4 aromatic rings. The van der Waals surface area contributed by atoms with Crippen LogP contribution in [-0.2, 0) is 0 Å². The van der Waals surface area contributed by atoms with Crippen LogP contribution in [-0.4, -0.2) is 20.1 Å². The number of ether oxygens (including phenoxy) is 2. The van der Waals surface area contributed by atoms with E-state index in [1.165, 1.54) is 0 Å². The van der Waals surface area contributed by atoms with Crippen LogP contribution in [0.4, 0.5) is 0 Å². The van der Waals surface area contributed by atoms with E-state index in [0.717, 1.165) is 16.7 Å². The number of nitrogens with zero attached hydrogens (tertiary/aromatic N) is 3. The molecule has 0 aliphatic rings. The molecule has 6 heteroatoms. The number of hydrogen-bond acceptors (Lipinski definition) is 6. The zero-order valence-corrected chi connectivity index (χ0v) is 17.0. The highest BCUT2D eigenvalue weighted by Crippen LogP contribution is 2.32. The molecule has 0 bridgehead atoms. The van der Waals surface area contributed by atoms with Crippen LogP contribution in [0.3, 0.4) is 0 Å². The summed E-state index contributed by atoms with van der Waals surface area (Å²) >= 11 is 0. The molecule has 4 rings (SSSR count). The first-order valence-electron chi connectivity index (χ1n) is 9.52. The van der Waals surface area contributed by atoms with Gasteiger partial charge in [-0.1, -0.05) is 48.0 Å². The van der Waals surface area contributed by atoms with Gasteiger partial charge in [-0.05, 0) is 56.2 Å². The van der Waals surface area contributed by atoms with Crippen molar-refractivity contribution in [3.63, 3.8) is 0 Å². The number of aryl methyl sites for hydroxylation is 3. The van der Waals surface area contributed by atoms with Crippen LogP contribution in [0.5, 0.6) is 29.3 Å². The van der Waals surface area contributed by atoms with Gasteiger partial charge < -0.3 is 14.6 Å². The minimum atomic E-state index is 0.0653. The van der Waals surface area contributed by atoms with Crippen molar-refractivity contribution in [2.45, 2.75) is 20.8 Å². The van der Waals surface area contributed by atoms with Crippen LogP contribution in [0.2, 0.25) is 0 Å². The normalized spacial score (nSPS) is 10.6. The molecular formula is C24H21N3O3.